The first kappa shape index (κ1) is 15.0. The van der Waals surface area contributed by atoms with E-state index in [1.165, 1.54) is 11.3 Å². The van der Waals surface area contributed by atoms with Crippen LogP contribution in [-0.2, 0) is 5.41 Å². The zero-order chi connectivity index (χ0) is 17.1. The minimum Gasteiger partial charge on any atom is -0.463 e. The zero-order valence-electron chi connectivity index (χ0n) is 14.5. The first-order chi connectivity index (χ1) is 11.4. The summed E-state index contributed by atoms with van der Waals surface area (Å²) in [6.07, 6.45) is 4.20. The van der Waals surface area contributed by atoms with E-state index in [2.05, 4.69) is 62.2 Å². The van der Waals surface area contributed by atoms with Gasteiger partial charge in [0.25, 0.3) is 0 Å². The summed E-state index contributed by atoms with van der Waals surface area (Å²) >= 11 is 0. The van der Waals surface area contributed by atoms with Crippen LogP contribution in [0.5, 0.6) is 5.75 Å². The predicted octanol–water partition coefficient (Wildman–Crippen LogP) is 4.42. The molecule has 0 bridgehead atoms. The summed E-state index contributed by atoms with van der Waals surface area (Å²) in [6, 6.07) is 14.1. The molecule has 1 atom stereocenters. The number of carbonyl (C=O) groups excluding carboxylic acids is 1. The number of rotatable bonds is 1. The van der Waals surface area contributed by atoms with Crippen molar-refractivity contribution in [3.8, 4) is 5.75 Å². The average Bonchev–Trinajstić information content (AvgIpc) is 2.74. The van der Waals surface area contributed by atoms with E-state index in [1.807, 2.05) is 18.2 Å². The van der Waals surface area contributed by atoms with E-state index in [0.29, 0.717) is 5.56 Å². The third-order valence-corrected chi connectivity index (χ3v) is 5.50. The Hall–Kier alpha value is -2.55. The number of ketones is 1. The van der Waals surface area contributed by atoms with Crippen LogP contribution in [0.1, 0.15) is 42.3 Å². The van der Waals surface area contributed by atoms with E-state index in [4.69, 9.17) is 4.74 Å². The van der Waals surface area contributed by atoms with Gasteiger partial charge in [-0.3, -0.25) is 4.79 Å². The van der Waals surface area contributed by atoms with Crippen molar-refractivity contribution in [3.05, 3.63) is 65.2 Å². The van der Waals surface area contributed by atoms with Gasteiger partial charge in [0.05, 0.1) is 5.41 Å². The molecular formula is C21H21NO2. The van der Waals surface area contributed by atoms with Gasteiger partial charge in [0.15, 0.2) is 5.78 Å². The van der Waals surface area contributed by atoms with E-state index in [9.17, 15) is 4.79 Å². The Kier molecular flexibility index (Phi) is 2.96. The Balaban J connectivity index is 1.84. The van der Waals surface area contributed by atoms with Gasteiger partial charge in [0.2, 0.25) is 5.72 Å². The number of benzene rings is 2. The maximum Gasteiger partial charge on any atom is 0.211 e. The van der Waals surface area contributed by atoms with Crippen LogP contribution in [0.3, 0.4) is 0 Å². The van der Waals surface area contributed by atoms with Crippen LogP contribution in [-0.4, -0.2) is 18.6 Å². The number of hydrogen-bond acceptors (Lipinski definition) is 3. The monoisotopic (exact) mass is 319 g/mol. The summed E-state index contributed by atoms with van der Waals surface area (Å²) in [6.45, 7) is 6.02. The van der Waals surface area contributed by atoms with Gasteiger partial charge in [-0.1, -0.05) is 18.2 Å². The molecule has 0 N–H and O–H groups in total. The molecule has 2 aromatic rings. The molecule has 3 nitrogen and oxygen atoms in total. The number of likely N-dealkylation sites (N-methyl/N-ethyl adjacent to an activating group) is 1. The molecule has 3 heteroatoms. The van der Waals surface area contributed by atoms with Crippen molar-refractivity contribution in [2.75, 3.05) is 11.9 Å². The van der Waals surface area contributed by atoms with Crippen LogP contribution in [0.15, 0.2) is 48.5 Å². The largest absolute Gasteiger partial charge is 0.463 e. The number of ether oxygens (including phenoxy) is 1. The number of nitrogens with zero attached hydrogens (tertiary/aromatic N) is 1. The second-order valence-electron chi connectivity index (χ2n) is 7.14. The summed E-state index contributed by atoms with van der Waals surface area (Å²) in [5.74, 6) is 0.882. The van der Waals surface area contributed by atoms with E-state index < -0.39 is 5.72 Å². The quantitative estimate of drug-likeness (QED) is 0.729. The molecule has 4 rings (SSSR count). The average molecular weight is 319 g/mol. The smallest absolute Gasteiger partial charge is 0.211 e. The third-order valence-electron chi connectivity index (χ3n) is 5.50. The van der Waals surface area contributed by atoms with Crippen LogP contribution < -0.4 is 9.64 Å². The summed E-state index contributed by atoms with van der Waals surface area (Å²) in [5.41, 5.74) is 3.36. The lowest BCUT2D eigenvalue weighted by molar-refractivity contribution is 0.0581. The number of fused-ring (bicyclic) bond motifs is 2. The van der Waals surface area contributed by atoms with Crippen LogP contribution in [0, 0.1) is 0 Å². The van der Waals surface area contributed by atoms with Crippen molar-refractivity contribution in [1.82, 2.24) is 0 Å². The lowest BCUT2D eigenvalue weighted by Gasteiger charge is -2.45. The van der Waals surface area contributed by atoms with Gasteiger partial charge in [-0.25, -0.2) is 0 Å². The molecule has 2 heterocycles. The van der Waals surface area contributed by atoms with Gasteiger partial charge in [0, 0.05) is 23.9 Å². The second kappa shape index (κ2) is 4.73. The van der Waals surface area contributed by atoms with Gasteiger partial charge >= 0.3 is 0 Å². The number of carbonyl (C=O) groups is 1. The molecule has 2 aliphatic heterocycles. The fourth-order valence-electron chi connectivity index (χ4n) is 4.00. The predicted molar refractivity (Wildman–Crippen MR) is 96.7 cm³/mol. The topological polar surface area (TPSA) is 29.5 Å². The van der Waals surface area contributed by atoms with Gasteiger partial charge in [-0.15, -0.1) is 0 Å². The van der Waals surface area contributed by atoms with Gasteiger partial charge in [-0.05, 0) is 62.8 Å². The first-order valence-corrected chi connectivity index (χ1v) is 8.23. The van der Waals surface area contributed by atoms with E-state index in [1.54, 1.807) is 6.92 Å². The van der Waals surface area contributed by atoms with Crippen molar-refractivity contribution in [2.24, 2.45) is 0 Å². The molecule has 0 saturated heterocycles. The van der Waals surface area contributed by atoms with Crippen molar-refractivity contribution in [1.29, 1.82) is 0 Å². The minimum absolute atomic E-state index is 0.0669. The molecule has 2 aromatic carbocycles. The minimum atomic E-state index is -0.568. The fraction of sp³-hybridized carbons (Fsp3) is 0.286. The SMILES string of the molecule is CC(=O)c1ccc2c(c1)C=CC1(O2)N(C)c2ccccc2C1(C)C. The molecule has 1 spiro atoms. The highest BCUT2D eigenvalue weighted by molar-refractivity contribution is 5.95. The maximum absolute atomic E-state index is 11.6. The molecule has 2 aliphatic rings. The Morgan fingerprint density at radius 1 is 1.12 bits per heavy atom. The van der Waals surface area contributed by atoms with Gasteiger partial charge in [-0.2, -0.15) is 0 Å². The Labute approximate surface area is 142 Å². The molecule has 24 heavy (non-hydrogen) atoms. The normalized spacial score (nSPS) is 22.9. The van der Waals surface area contributed by atoms with E-state index >= 15 is 0 Å². The molecule has 122 valence electrons. The van der Waals surface area contributed by atoms with Crippen LogP contribution in [0.4, 0.5) is 5.69 Å². The number of Topliss-reactive ketones (excluding diaryl/α,β-unsaturated/α-hetero) is 1. The zero-order valence-corrected chi connectivity index (χ0v) is 14.5. The third kappa shape index (κ3) is 1.75. The Morgan fingerprint density at radius 3 is 2.58 bits per heavy atom. The van der Waals surface area contributed by atoms with Crippen molar-refractivity contribution >= 4 is 17.5 Å². The van der Waals surface area contributed by atoms with Crippen molar-refractivity contribution < 1.29 is 9.53 Å². The van der Waals surface area contributed by atoms with Gasteiger partial charge in [0.1, 0.15) is 5.75 Å². The molecule has 0 aliphatic carbocycles. The molecular weight excluding hydrogens is 298 g/mol. The number of anilines is 1. The summed E-state index contributed by atoms with van der Waals surface area (Å²) in [4.78, 5) is 13.8. The Morgan fingerprint density at radius 2 is 1.88 bits per heavy atom. The maximum atomic E-state index is 11.6. The summed E-state index contributed by atoms with van der Waals surface area (Å²) < 4.78 is 6.55. The summed E-state index contributed by atoms with van der Waals surface area (Å²) in [5, 5.41) is 0. The molecule has 0 radical (unpaired) electrons. The van der Waals surface area contributed by atoms with Crippen LogP contribution in [0.25, 0.3) is 6.08 Å². The summed E-state index contributed by atoms with van der Waals surface area (Å²) in [7, 11) is 2.08. The molecule has 0 saturated carbocycles. The highest BCUT2D eigenvalue weighted by atomic mass is 16.5. The van der Waals surface area contributed by atoms with Crippen LogP contribution >= 0.6 is 0 Å². The van der Waals surface area contributed by atoms with E-state index in [-0.39, 0.29) is 11.2 Å². The van der Waals surface area contributed by atoms with Crippen LogP contribution in [0.2, 0.25) is 0 Å². The highest BCUT2D eigenvalue weighted by Crippen LogP contribution is 2.54. The van der Waals surface area contributed by atoms with Crippen molar-refractivity contribution in [3.63, 3.8) is 0 Å². The van der Waals surface area contributed by atoms with Gasteiger partial charge < -0.3 is 9.64 Å². The molecule has 0 aromatic heterocycles. The molecule has 0 fully saturated rings. The standard InChI is InChI=1S/C21H21NO2/c1-14(23)15-9-10-19-16(13-15)11-12-21(24-19)20(2,3)17-7-5-6-8-18(17)22(21)4/h5-13H,1-4H3. The Bertz CT molecular complexity index is 881. The number of para-hydroxylation sites is 1. The lowest BCUT2D eigenvalue weighted by atomic mass is 9.76. The molecule has 0 amide bonds. The van der Waals surface area contributed by atoms with E-state index in [0.717, 1.165) is 11.3 Å². The highest BCUT2D eigenvalue weighted by Gasteiger charge is 2.57. The van der Waals surface area contributed by atoms with Crippen molar-refractivity contribution in [2.45, 2.75) is 31.9 Å². The number of hydrogen-bond donors (Lipinski definition) is 0. The first-order valence-electron chi connectivity index (χ1n) is 8.23. The second-order valence-corrected chi connectivity index (χ2v) is 7.14. The lowest BCUT2D eigenvalue weighted by Crippen LogP contribution is -2.58. The fourth-order valence-corrected chi connectivity index (χ4v) is 4.00. The molecule has 1 unspecified atom stereocenters.